The van der Waals surface area contributed by atoms with Gasteiger partial charge in [0.2, 0.25) is 0 Å². The van der Waals surface area contributed by atoms with Crippen LogP contribution in [0.1, 0.15) is 46.5 Å². The minimum Gasteiger partial charge on any atom is -0.457 e. The third-order valence-electron chi connectivity index (χ3n) is 8.26. The standard InChI is InChI=1S/C25H25BrN10OS/c26-17-7-30-34-18(17)10-37-24-32-22(35-8-13-1-2-14(9-35)31-13)16(6-28)23(33-24)36-11-25(12-36)4-3-19-20(25)15(5-27)21(29)38-19/h7,13-14,31H,1-4,8-12,29H2,(H,30,34)/t13-,14?/m1/s1. The molecule has 2 atom stereocenters. The Labute approximate surface area is 231 Å². The lowest BCUT2D eigenvalue weighted by atomic mass is 9.74. The van der Waals surface area contributed by atoms with Gasteiger partial charge in [0.1, 0.15) is 29.3 Å². The predicted molar refractivity (Wildman–Crippen MR) is 145 cm³/mol. The van der Waals surface area contributed by atoms with E-state index in [9.17, 15) is 10.5 Å². The summed E-state index contributed by atoms with van der Waals surface area (Å²) in [4.78, 5) is 15.1. The molecule has 11 nitrogen and oxygen atoms in total. The Bertz CT molecular complexity index is 1500. The predicted octanol–water partition coefficient (Wildman–Crippen LogP) is 2.57. The van der Waals surface area contributed by atoms with Crippen molar-refractivity contribution in [2.24, 2.45) is 0 Å². The summed E-state index contributed by atoms with van der Waals surface area (Å²) >= 11 is 5.00. The number of ether oxygens (including phenoxy) is 1. The highest BCUT2D eigenvalue weighted by Crippen LogP contribution is 2.53. The molecule has 0 aromatic carbocycles. The summed E-state index contributed by atoms with van der Waals surface area (Å²) in [7, 11) is 0. The van der Waals surface area contributed by atoms with Gasteiger partial charge in [-0.25, -0.2) is 0 Å². The first-order valence-corrected chi connectivity index (χ1v) is 14.3. The molecule has 194 valence electrons. The summed E-state index contributed by atoms with van der Waals surface area (Å²) in [6, 6.07) is 5.75. The number of nitrogens with one attached hydrogen (secondary N) is 2. The van der Waals surface area contributed by atoms with Gasteiger partial charge in [-0.05, 0) is 47.2 Å². The third-order valence-corrected chi connectivity index (χ3v) is 10.0. The van der Waals surface area contributed by atoms with Crippen LogP contribution in [0.4, 0.5) is 16.6 Å². The zero-order valence-corrected chi connectivity index (χ0v) is 22.9. The minimum atomic E-state index is -0.137. The summed E-state index contributed by atoms with van der Waals surface area (Å²) in [6.45, 7) is 3.15. The van der Waals surface area contributed by atoms with Crippen molar-refractivity contribution in [1.29, 1.82) is 10.5 Å². The van der Waals surface area contributed by atoms with Gasteiger partial charge in [0, 0.05) is 48.6 Å². The molecule has 3 fully saturated rings. The molecule has 1 aliphatic carbocycles. The maximum atomic E-state index is 10.3. The summed E-state index contributed by atoms with van der Waals surface area (Å²) < 4.78 is 6.86. The van der Waals surface area contributed by atoms with Crippen LogP contribution in [0, 0.1) is 22.7 Å². The van der Waals surface area contributed by atoms with Gasteiger partial charge in [0.15, 0.2) is 11.6 Å². The highest BCUT2D eigenvalue weighted by molar-refractivity contribution is 9.10. The fourth-order valence-electron chi connectivity index (χ4n) is 6.52. The van der Waals surface area contributed by atoms with E-state index < -0.39 is 0 Å². The Hall–Kier alpha value is -3.39. The van der Waals surface area contributed by atoms with Crippen LogP contribution < -0.4 is 25.6 Å². The van der Waals surface area contributed by atoms with Crippen LogP contribution in [0.15, 0.2) is 10.7 Å². The fraction of sp³-hybridized carbons (Fsp3) is 0.480. The number of nitrogens with two attached hydrogens (primary N) is 1. The number of aromatic nitrogens is 4. The molecule has 3 aromatic rings. The van der Waals surface area contributed by atoms with Crippen LogP contribution in [-0.2, 0) is 18.4 Å². The van der Waals surface area contributed by atoms with Gasteiger partial charge < -0.3 is 25.6 Å². The second kappa shape index (κ2) is 8.83. The van der Waals surface area contributed by atoms with Crippen LogP contribution >= 0.6 is 27.3 Å². The Morgan fingerprint density at radius 3 is 2.50 bits per heavy atom. The zero-order valence-electron chi connectivity index (χ0n) is 20.5. The largest absolute Gasteiger partial charge is 0.457 e. The Kier molecular flexibility index (Phi) is 5.51. The number of aromatic amines is 1. The van der Waals surface area contributed by atoms with Crippen LogP contribution in [-0.4, -0.2) is 58.4 Å². The molecular formula is C25H25BrN10OS. The van der Waals surface area contributed by atoms with Crippen molar-refractivity contribution in [3.8, 4) is 18.1 Å². The minimum absolute atomic E-state index is 0.137. The van der Waals surface area contributed by atoms with Crippen molar-refractivity contribution in [2.45, 2.75) is 49.8 Å². The number of hydrogen-bond acceptors (Lipinski definition) is 11. The van der Waals surface area contributed by atoms with Gasteiger partial charge in [-0.1, -0.05) is 0 Å². The highest BCUT2D eigenvalue weighted by atomic mass is 79.9. The number of halogens is 1. The molecule has 0 saturated carbocycles. The number of thiophene rings is 1. The van der Waals surface area contributed by atoms with Gasteiger partial charge >= 0.3 is 6.01 Å². The molecule has 0 amide bonds. The molecule has 38 heavy (non-hydrogen) atoms. The first-order chi connectivity index (χ1) is 18.5. The van der Waals surface area contributed by atoms with Gasteiger partial charge in [0.25, 0.3) is 0 Å². The molecular weight excluding hydrogens is 568 g/mol. The second-order valence-corrected chi connectivity index (χ2v) is 12.5. The number of nitrogens with zero attached hydrogens (tertiary/aromatic N) is 7. The molecule has 6 heterocycles. The van der Waals surface area contributed by atoms with Crippen LogP contribution in [0.5, 0.6) is 6.01 Å². The van der Waals surface area contributed by atoms with E-state index in [1.165, 1.54) is 16.2 Å². The average molecular weight is 594 g/mol. The number of fused-ring (bicyclic) bond motifs is 4. The van der Waals surface area contributed by atoms with E-state index in [0.29, 0.717) is 52.9 Å². The number of hydrogen-bond donors (Lipinski definition) is 3. The van der Waals surface area contributed by atoms with Crippen molar-refractivity contribution >= 4 is 43.9 Å². The maximum Gasteiger partial charge on any atom is 0.320 e. The molecule has 4 aliphatic rings. The fourth-order valence-corrected chi connectivity index (χ4v) is 7.97. The topological polar surface area (TPSA) is 156 Å². The highest BCUT2D eigenvalue weighted by Gasteiger charge is 2.52. The number of piperazine rings is 1. The molecule has 1 unspecified atom stereocenters. The van der Waals surface area contributed by atoms with E-state index >= 15 is 0 Å². The van der Waals surface area contributed by atoms with E-state index in [1.54, 1.807) is 6.20 Å². The smallest absolute Gasteiger partial charge is 0.320 e. The molecule has 3 saturated heterocycles. The first kappa shape index (κ1) is 23.7. The molecule has 0 radical (unpaired) electrons. The molecule has 1 spiro atoms. The van der Waals surface area contributed by atoms with Gasteiger partial charge in [-0.3, -0.25) is 5.10 Å². The molecule has 2 bridgehead atoms. The number of aryl methyl sites for hydroxylation is 1. The lowest BCUT2D eigenvalue weighted by Crippen LogP contribution is -2.59. The first-order valence-electron chi connectivity index (χ1n) is 12.7. The zero-order chi connectivity index (χ0) is 26.0. The quantitative estimate of drug-likeness (QED) is 0.402. The second-order valence-electron chi connectivity index (χ2n) is 10.6. The summed E-state index contributed by atoms with van der Waals surface area (Å²) in [6.07, 6.45) is 5.82. The lowest BCUT2D eigenvalue weighted by Gasteiger charge is -2.49. The molecule has 4 N–H and O–H groups in total. The van der Waals surface area contributed by atoms with E-state index in [0.717, 1.165) is 54.5 Å². The molecule has 7 rings (SSSR count). The van der Waals surface area contributed by atoms with Gasteiger partial charge in [-0.2, -0.15) is 25.6 Å². The van der Waals surface area contributed by atoms with E-state index in [4.69, 9.17) is 20.4 Å². The molecule has 3 aromatic heterocycles. The van der Waals surface area contributed by atoms with Crippen LogP contribution in [0.3, 0.4) is 0 Å². The van der Waals surface area contributed by atoms with Crippen molar-refractivity contribution in [3.63, 3.8) is 0 Å². The number of nitrogen functional groups attached to an aromatic ring is 1. The van der Waals surface area contributed by atoms with Gasteiger partial charge in [0.05, 0.1) is 21.9 Å². The maximum absolute atomic E-state index is 10.3. The summed E-state index contributed by atoms with van der Waals surface area (Å²) in [5.74, 6) is 1.21. The Morgan fingerprint density at radius 2 is 1.84 bits per heavy atom. The Balaban J connectivity index is 1.24. The van der Waals surface area contributed by atoms with Crippen molar-refractivity contribution in [1.82, 2.24) is 25.5 Å². The van der Waals surface area contributed by atoms with Crippen LogP contribution in [0.2, 0.25) is 0 Å². The normalized spacial score (nSPS) is 22.7. The average Bonchev–Trinajstić information content (AvgIpc) is 3.64. The number of rotatable bonds is 5. The Morgan fingerprint density at radius 1 is 1.13 bits per heavy atom. The molecule has 3 aliphatic heterocycles. The summed E-state index contributed by atoms with van der Waals surface area (Å²) in [5.41, 5.74) is 9.01. The van der Waals surface area contributed by atoms with Crippen LogP contribution in [0.25, 0.3) is 0 Å². The number of anilines is 3. The van der Waals surface area contributed by atoms with E-state index in [-0.39, 0.29) is 18.0 Å². The SMILES string of the molecule is N#Cc1c(N2CC3CC[C@H](C2)N3)nc(OCc2[nH]ncc2Br)nc1N1CC2(CCc3sc(N)c(C#N)c32)C1. The van der Waals surface area contributed by atoms with E-state index in [2.05, 4.69) is 53.4 Å². The van der Waals surface area contributed by atoms with Crippen molar-refractivity contribution in [2.75, 3.05) is 41.7 Å². The van der Waals surface area contributed by atoms with Crippen molar-refractivity contribution in [3.05, 3.63) is 37.9 Å². The molecule has 13 heteroatoms. The lowest BCUT2D eigenvalue weighted by molar-refractivity contribution is 0.273. The van der Waals surface area contributed by atoms with Gasteiger partial charge in [-0.15, -0.1) is 11.3 Å². The van der Waals surface area contributed by atoms with Crippen molar-refractivity contribution < 1.29 is 4.74 Å². The number of nitriles is 2. The van der Waals surface area contributed by atoms with E-state index in [1.807, 2.05) is 0 Å². The number of H-pyrrole nitrogens is 1. The third kappa shape index (κ3) is 3.64. The monoisotopic (exact) mass is 592 g/mol. The summed E-state index contributed by atoms with van der Waals surface area (Å²) in [5, 5.41) is 31.3.